The molecule has 0 bridgehead atoms. The van der Waals surface area contributed by atoms with Gasteiger partial charge in [-0.1, -0.05) is 5.21 Å². The highest BCUT2D eigenvalue weighted by Gasteiger charge is 2.17. The molecular formula is C12H13N5O5. The van der Waals surface area contributed by atoms with Gasteiger partial charge in [-0.05, 0) is 12.1 Å². The van der Waals surface area contributed by atoms with Crippen LogP contribution < -0.4 is 10.1 Å². The van der Waals surface area contributed by atoms with Crippen molar-refractivity contribution in [2.24, 2.45) is 0 Å². The van der Waals surface area contributed by atoms with Crippen molar-refractivity contribution >= 4 is 17.3 Å². The van der Waals surface area contributed by atoms with Crippen LogP contribution in [0.25, 0.3) is 0 Å². The highest BCUT2D eigenvalue weighted by Crippen LogP contribution is 2.28. The first-order valence-corrected chi connectivity index (χ1v) is 6.15. The van der Waals surface area contributed by atoms with E-state index in [1.165, 1.54) is 36.2 Å². The predicted octanol–water partition coefficient (Wildman–Crippen LogP) is 0.326. The highest BCUT2D eigenvalue weighted by atomic mass is 16.6. The number of aliphatic hydroxyl groups excluding tert-OH is 1. The SMILES string of the molecule is COc1ccc(NC(=O)Cn2cc(CO)nn2)c([N+](=O)[O-])c1. The highest BCUT2D eigenvalue weighted by molar-refractivity contribution is 5.93. The van der Waals surface area contributed by atoms with Crippen LogP contribution in [0.2, 0.25) is 0 Å². The summed E-state index contributed by atoms with van der Waals surface area (Å²) in [4.78, 5) is 22.3. The zero-order valence-corrected chi connectivity index (χ0v) is 11.6. The number of ether oxygens (including phenoxy) is 1. The Balaban J connectivity index is 2.12. The van der Waals surface area contributed by atoms with Gasteiger partial charge < -0.3 is 15.2 Å². The van der Waals surface area contributed by atoms with Crippen LogP contribution in [-0.2, 0) is 17.9 Å². The van der Waals surface area contributed by atoms with Crippen LogP contribution >= 0.6 is 0 Å². The van der Waals surface area contributed by atoms with Crippen molar-refractivity contribution in [1.82, 2.24) is 15.0 Å². The van der Waals surface area contributed by atoms with Gasteiger partial charge in [0.2, 0.25) is 5.91 Å². The summed E-state index contributed by atoms with van der Waals surface area (Å²) in [6, 6.07) is 4.10. The van der Waals surface area contributed by atoms with E-state index in [0.717, 1.165) is 0 Å². The molecule has 0 saturated heterocycles. The van der Waals surface area contributed by atoms with Gasteiger partial charge in [-0.25, -0.2) is 4.68 Å². The molecule has 116 valence electrons. The van der Waals surface area contributed by atoms with Gasteiger partial charge in [0.1, 0.15) is 23.7 Å². The van der Waals surface area contributed by atoms with E-state index < -0.39 is 10.8 Å². The zero-order valence-electron chi connectivity index (χ0n) is 11.6. The number of anilines is 1. The monoisotopic (exact) mass is 307 g/mol. The molecule has 2 N–H and O–H groups in total. The number of carbonyl (C=O) groups is 1. The summed E-state index contributed by atoms with van der Waals surface area (Å²) >= 11 is 0. The van der Waals surface area contributed by atoms with Crippen LogP contribution in [0.5, 0.6) is 5.75 Å². The maximum Gasteiger partial charge on any atom is 0.296 e. The lowest BCUT2D eigenvalue weighted by atomic mass is 10.2. The van der Waals surface area contributed by atoms with Crippen molar-refractivity contribution in [1.29, 1.82) is 0 Å². The van der Waals surface area contributed by atoms with Gasteiger partial charge in [-0.3, -0.25) is 14.9 Å². The molecule has 0 aliphatic rings. The lowest BCUT2D eigenvalue weighted by Gasteiger charge is -2.07. The van der Waals surface area contributed by atoms with E-state index in [1.807, 2.05) is 0 Å². The lowest BCUT2D eigenvalue weighted by Crippen LogP contribution is -2.19. The molecule has 10 heteroatoms. The molecular weight excluding hydrogens is 294 g/mol. The topological polar surface area (TPSA) is 132 Å². The summed E-state index contributed by atoms with van der Waals surface area (Å²) in [5.41, 5.74) is 0.101. The third-order valence-electron chi connectivity index (χ3n) is 2.73. The Kier molecular flexibility index (Phi) is 4.63. The number of aromatic nitrogens is 3. The number of benzene rings is 1. The van der Waals surface area contributed by atoms with Crippen molar-refractivity contribution in [3.63, 3.8) is 0 Å². The second kappa shape index (κ2) is 6.63. The average molecular weight is 307 g/mol. The number of nitro groups is 1. The minimum atomic E-state index is -0.614. The average Bonchev–Trinajstić information content (AvgIpc) is 2.94. The van der Waals surface area contributed by atoms with E-state index in [1.54, 1.807) is 0 Å². The molecule has 0 saturated carbocycles. The number of aliphatic hydroxyl groups is 1. The Morgan fingerprint density at radius 3 is 2.91 bits per heavy atom. The second-order valence-electron chi connectivity index (χ2n) is 4.25. The summed E-state index contributed by atoms with van der Waals surface area (Å²) in [5, 5.41) is 29.6. The number of hydrogen-bond donors (Lipinski definition) is 2. The summed E-state index contributed by atoms with van der Waals surface area (Å²) in [5.74, 6) is -0.198. The maximum atomic E-state index is 11.9. The van der Waals surface area contributed by atoms with Crippen molar-refractivity contribution in [3.8, 4) is 5.75 Å². The molecule has 10 nitrogen and oxygen atoms in total. The van der Waals surface area contributed by atoms with E-state index >= 15 is 0 Å². The number of hydrogen-bond acceptors (Lipinski definition) is 7. The van der Waals surface area contributed by atoms with Crippen molar-refractivity contribution < 1.29 is 19.6 Å². The zero-order chi connectivity index (χ0) is 16.1. The molecule has 1 aromatic carbocycles. The van der Waals surface area contributed by atoms with Gasteiger partial charge in [-0.2, -0.15) is 0 Å². The number of methoxy groups -OCH3 is 1. The van der Waals surface area contributed by atoms with Crippen molar-refractivity contribution in [2.45, 2.75) is 13.2 Å². The van der Waals surface area contributed by atoms with E-state index in [-0.39, 0.29) is 24.5 Å². The van der Waals surface area contributed by atoms with Crippen LogP contribution in [0.1, 0.15) is 5.69 Å². The number of amides is 1. The minimum Gasteiger partial charge on any atom is -0.496 e. The first kappa shape index (κ1) is 15.4. The number of nitro benzene ring substituents is 1. The van der Waals surface area contributed by atoms with Crippen molar-refractivity contribution in [3.05, 3.63) is 40.2 Å². The Morgan fingerprint density at radius 1 is 1.55 bits per heavy atom. The van der Waals surface area contributed by atoms with Gasteiger partial charge in [0.15, 0.2) is 0 Å². The number of rotatable bonds is 6. The largest absolute Gasteiger partial charge is 0.496 e. The minimum absolute atomic E-state index is 0.0540. The first-order chi connectivity index (χ1) is 10.5. The fourth-order valence-electron chi connectivity index (χ4n) is 1.72. The molecule has 0 aliphatic carbocycles. The molecule has 1 amide bonds. The fraction of sp³-hybridized carbons (Fsp3) is 0.250. The Morgan fingerprint density at radius 2 is 2.32 bits per heavy atom. The van der Waals surface area contributed by atoms with Gasteiger partial charge in [0.05, 0.1) is 30.9 Å². The Bertz CT molecular complexity index is 699. The quantitative estimate of drug-likeness (QED) is 0.580. The van der Waals surface area contributed by atoms with Crippen LogP contribution in [0.15, 0.2) is 24.4 Å². The van der Waals surface area contributed by atoms with Crippen LogP contribution in [-0.4, -0.2) is 38.0 Å². The van der Waals surface area contributed by atoms with E-state index in [4.69, 9.17) is 9.84 Å². The first-order valence-electron chi connectivity index (χ1n) is 6.15. The Labute approximate surface area is 124 Å². The van der Waals surface area contributed by atoms with Crippen LogP contribution in [0.3, 0.4) is 0 Å². The molecule has 0 unspecified atom stereocenters. The normalized spacial score (nSPS) is 10.3. The molecule has 0 atom stereocenters. The van der Waals surface area contributed by atoms with Crippen LogP contribution in [0, 0.1) is 10.1 Å². The molecule has 0 spiro atoms. The maximum absolute atomic E-state index is 11.9. The van der Waals surface area contributed by atoms with Crippen molar-refractivity contribution in [2.75, 3.05) is 12.4 Å². The second-order valence-corrected chi connectivity index (χ2v) is 4.25. The molecule has 1 aromatic heterocycles. The summed E-state index contributed by atoms with van der Waals surface area (Å²) in [6.07, 6.45) is 1.40. The molecule has 0 radical (unpaired) electrons. The Hall–Kier alpha value is -3.01. The predicted molar refractivity (Wildman–Crippen MR) is 74.2 cm³/mol. The van der Waals surface area contributed by atoms with Gasteiger partial charge >= 0.3 is 0 Å². The third kappa shape index (κ3) is 3.55. The number of nitrogens with one attached hydrogen (secondary N) is 1. The molecule has 2 aromatic rings. The van der Waals surface area contributed by atoms with E-state index in [0.29, 0.717) is 11.4 Å². The van der Waals surface area contributed by atoms with E-state index in [9.17, 15) is 14.9 Å². The fourth-order valence-corrected chi connectivity index (χ4v) is 1.72. The molecule has 2 rings (SSSR count). The summed E-state index contributed by atoms with van der Waals surface area (Å²) in [6.45, 7) is -0.470. The lowest BCUT2D eigenvalue weighted by molar-refractivity contribution is -0.384. The molecule has 0 fully saturated rings. The molecule has 1 heterocycles. The standard InChI is InChI=1S/C12H13N5O5/c1-22-9-2-3-10(11(4-9)17(20)21)13-12(19)6-16-5-8(7-18)14-15-16/h2-5,18H,6-7H2,1H3,(H,13,19). The third-order valence-corrected chi connectivity index (χ3v) is 2.73. The van der Waals surface area contributed by atoms with Gasteiger partial charge in [0.25, 0.3) is 5.69 Å². The van der Waals surface area contributed by atoms with Gasteiger partial charge in [0, 0.05) is 0 Å². The number of nitrogens with zero attached hydrogens (tertiary/aromatic N) is 4. The van der Waals surface area contributed by atoms with Gasteiger partial charge in [-0.15, -0.1) is 5.10 Å². The molecule has 0 aliphatic heterocycles. The smallest absolute Gasteiger partial charge is 0.296 e. The summed E-state index contributed by atoms with van der Waals surface area (Å²) < 4.78 is 6.13. The van der Waals surface area contributed by atoms with Crippen LogP contribution in [0.4, 0.5) is 11.4 Å². The summed E-state index contributed by atoms with van der Waals surface area (Å²) in [7, 11) is 1.39. The van der Waals surface area contributed by atoms with E-state index in [2.05, 4.69) is 15.6 Å². The molecule has 22 heavy (non-hydrogen) atoms. The number of carbonyl (C=O) groups excluding carboxylic acids is 1.